The van der Waals surface area contributed by atoms with E-state index in [2.05, 4.69) is 0 Å². The summed E-state index contributed by atoms with van der Waals surface area (Å²) in [5.41, 5.74) is 0. The Morgan fingerprint density at radius 2 is 2.27 bits per heavy atom. The maximum atomic E-state index is 9.11. The van der Waals surface area contributed by atoms with Crippen molar-refractivity contribution in [2.45, 2.75) is 31.0 Å². The van der Waals surface area contributed by atoms with Gasteiger partial charge >= 0.3 is 0 Å². The van der Waals surface area contributed by atoms with E-state index in [0.29, 0.717) is 0 Å². The summed E-state index contributed by atoms with van der Waals surface area (Å²) in [5, 5.41) is 17.7. The van der Waals surface area contributed by atoms with Crippen LogP contribution in [0.15, 0.2) is 0 Å². The van der Waals surface area contributed by atoms with Gasteiger partial charge in [0.25, 0.3) is 0 Å². The molecule has 0 aromatic carbocycles. The van der Waals surface area contributed by atoms with Crippen LogP contribution in [0.4, 0.5) is 0 Å². The Labute approximate surface area is 68.7 Å². The Bertz CT molecular complexity index is 104. The lowest BCUT2D eigenvalue weighted by Crippen LogP contribution is -2.29. The third-order valence-corrected chi connectivity index (χ3v) is 4.85. The Hall–Kier alpha value is 0.0969. The average molecular weight is 176 g/mol. The maximum absolute atomic E-state index is 9.11. The van der Waals surface area contributed by atoms with Gasteiger partial charge in [0.1, 0.15) is 0 Å². The van der Waals surface area contributed by atoms with E-state index in [-0.39, 0.29) is 6.61 Å². The van der Waals surface area contributed by atoms with Crippen molar-refractivity contribution in [3.05, 3.63) is 0 Å². The van der Waals surface area contributed by atoms with Crippen LogP contribution >= 0.6 is 0 Å². The van der Waals surface area contributed by atoms with Crippen molar-refractivity contribution >= 4 is 9.04 Å². The SMILES string of the molecule is OCC(O)C[SiH]1CCCCO1. The van der Waals surface area contributed by atoms with E-state index in [4.69, 9.17) is 14.6 Å². The summed E-state index contributed by atoms with van der Waals surface area (Å²) in [6, 6.07) is 1.88. The molecule has 0 bridgehead atoms. The lowest BCUT2D eigenvalue weighted by Gasteiger charge is -2.22. The highest BCUT2D eigenvalue weighted by molar-refractivity contribution is 6.52. The number of rotatable bonds is 3. The van der Waals surface area contributed by atoms with E-state index in [0.717, 1.165) is 18.7 Å². The fourth-order valence-electron chi connectivity index (χ4n) is 1.37. The second-order valence-electron chi connectivity index (χ2n) is 3.06. The van der Waals surface area contributed by atoms with E-state index in [1.54, 1.807) is 0 Å². The molecule has 1 heterocycles. The summed E-state index contributed by atoms with van der Waals surface area (Å²) in [5.74, 6) is 0. The third kappa shape index (κ3) is 3.33. The zero-order valence-corrected chi connectivity index (χ0v) is 7.85. The van der Waals surface area contributed by atoms with Crippen LogP contribution in [0.1, 0.15) is 12.8 Å². The molecule has 2 atom stereocenters. The van der Waals surface area contributed by atoms with Crippen LogP contribution in [-0.2, 0) is 4.43 Å². The first-order valence-corrected chi connectivity index (χ1v) is 6.34. The highest BCUT2D eigenvalue weighted by atomic mass is 28.3. The molecule has 2 unspecified atom stereocenters. The molecule has 0 aliphatic carbocycles. The first-order valence-electron chi connectivity index (χ1n) is 4.23. The molecular formula is C7H16O3Si. The van der Waals surface area contributed by atoms with E-state index < -0.39 is 15.1 Å². The molecule has 0 radical (unpaired) electrons. The van der Waals surface area contributed by atoms with Gasteiger partial charge in [-0.15, -0.1) is 0 Å². The van der Waals surface area contributed by atoms with Crippen LogP contribution in [0, 0.1) is 0 Å². The number of hydrogen-bond acceptors (Lipinski definition) is 3. The maximum Gasteiger partial charge on any atom is 0.179 e. The van der Waals surface area contributed by atoms with Gasteiger partial charge in [-0.1, -0.05) is 6.42 Å². The molecule has 1 aliphatic heterocycles. The van der Waals surface area contributed by atoms with Gasteiger partial charge in [0.2, 0.25) is 0 Å². The smallest absolute Gasteiger partial charge is 0.179 e. The van der Waals surface area contributed by atoms with Gasteiger partial charge in [0.05, 0.1) is 12.7 Å². The molecule has 0 amide bonds. The van der Waals surface area contributed by atoms with Crippen molar-refractivity contribution in [1.82, 2.24) is 0 Å². The van der Waals surface area contributed by atoms with Crippen LogP contribution in [0.3, 0.4) is 0 Å². The molecule has 0 saturated carbocycles. The summed E-state index contributed by atoms with van der Waals surface area (Å²) in [4.78, 5) is 0. The highest BCUT2D eigenvalue weighted by Crippen LogP contribution is 2.15. The lowest BCUT2D eigenvalue weighted by atomic mass is 10.4. The molecule has 66 valence electrons. The molecule has 11 heavy (non-hydrogen) atoms. The normalized spacial score (nSPS) is 28.4. The summed E-state index contributed by atoms with van der Waals surface area (Å²) >= 11 is 0. The summed E-state index contributed by atoms with van der Waals surface area (Å²) in [6.45, 7) is 0.752. The fourth-order valence-corrected chi connectivity index (χ4v) is 3.91. The molecule has 0 aromatic rings. The van der Waals surface area contributed by atoms with E-state index in [1.807, 2.05) is 0 Å². The predicted octanol–water partition coefficient (Wildman–Crippen LogP) is -0.126. The van der Waals surface area contributed by atoms with Crippen molar-refractivity contribution in [1.29, 1.82) is 0 Å². The molecule has 1 rings (SSSR count). The Balaban J connectivity index is 2.13. The Kier molecular flexibility index (Phi) is 4.07. The molecule has 0 aromatic heterocycles. The van der Waals surface area contributed by atoms with Crippen molar-refractivity contribution in [2.24, 2.45) is 0 Å². The van der Waals surface area contributed by atoms with Crippen LogP contribution in [0.2, 0.25) is 12.1 Å². The van der Waals surface area contributed by atoms with Gasteiger partial charge < -0.3 is 14.6 Å². The van der Waals surface area contributed by atoms with Gasteiger partial charge in [-0.3, -0.25) is 0 Å². The van der Waals surface area contributed by atoms with Crippen molar-refractivity contribution < 1.29 is 14.6 Å². The van der Waals surface area contributed by atoms with Crippen LogP contribution in [0.25, 0.3) is 0 Å². The first-order chi connectivity index (χ1) is 5.33. The second kappa shape index (κ2) is 4.87. The monoisotopic (exact) mass is 176 g/mol. The van der Waals surface area contributed by atoms with Crippen molar-refractivity contribution in [2.75, 3.05) is 13.2 Å². The first kappa shape index (κ1) is 9.19. The Morgan fingerprint density at radius 1 is 1.45 bits per heavy atom. The molecule has 0 spiro atoms. The van der Waals surface area contributed by atoms with E-state index >= 15 is 0 Å². The van der Waals surface area contributed by atoms with Gasteiger partial charge in [0.15, 0.2) is 9.04 Å². The van der Waals surface area contributed by atoms with Gasteiger partial charge in [-0.25, -0.2) is 0 Å². The molecule has 1 fully saturated rings. The van der Waals surface area contributed by atoms with Crippen LogP contribution in [-0.4, -0.2) is 38.6 Å². The average Bonchev–Trinajstić information content (AvgIpc) is 2.06. The number of aliphatic hydroxyl groups is 2. The zero-order valence-electron chi connectivity index (χ0n) is 6.70. The minimum absolute atomic E-state index is 0.118. The molecular weight excluding hydrogens is 160 g/mol. The van der Waals surface area contributed by atoms with Gasteiger partial charge in [-0.05, 0) is 18.5 Å². The molecule has 2 N–H and O–H groups in total. The molecule has 3 nitrogen and oxygen atoms in total. The fraction of sp³-hybridized carbons (Fsp3) is 1.00. The standard InChI is InChI=1S/C7H16O3Si/c8-5-7(9)6-11-4-2-1-3-10-11/h7-9,11H,1-6H2. The summed E-state index contributed by atoms with van der Waals surface area (Å²) in [7, 11) is -1.11. The van der Waals surface area contributed by atoms with Crippen LogP contribution < -0.4 is 0 Å². The molecule has 1 saturated heterocycles. The summed E-state index contributed by atoms with van der Waals surface area (Å²) in [6.07, 6.45) is 1.87. The van der Waals surface area contributed by atoms with Gasteiger partial charge in [-0.2, -0.15) is 0 Å². The highest BCUT2D eigenvalue weighted by Gasteiger charge is 2.19. The van der Waals surface area contributed by atoms with Crippen molar-refractivity contribution in [3.63, 3.8) is 0 Å². The number of aliphatic hydroxyl groups excluding tert-OH is 2. The van der Waals surface area contributed by atoms with Gasteiger partial charge in [0, 0.05) is 6.61 Å². The third-order valence-electron chi connectivity index (χ3n) is 2.02. The largest absolute Gasteiger partial charge is 0.420 e. The Morgan fingerprint density at radius 3 is 2.82 bits per heavy atom. The van der Waals surface area contributed by atoms with Crippen LogP contribution in [0.5, 0.6) is 0 Å². The molecule has 1 aliphatic rings. The van der Waals surface area contributed by atoms with Crippen molar-refractivity contribution in [3.8, 4) is 0 Å². The summed E-state index contributed by atoms with van der Waals surface area (Å²) < 4.78 is 5.52. The second-order valence-corrected chi connectivity index (χ2v) is 5.69. The zero-order chi connectivity index (χ0) is 8.10. The number of hydrogen-bond donors (Lipinski definition) is 2. The quantitative estimate of drug-likeness (QED) is 0.589. The predicted molar refractivity (Wildman–Crippen MR) is 45.0 cm³/mol. The van der Waals surface area contributed by atoms with E-state index in [1.165, 1.54) is 12.8 Å². The lowest BCUT2D eigenvalue weighted by molar-refractivity contribution is 0.105. The minimum Gasteiger partial charge on any atom is -0.420 e. The molecule has 4 heteroatoms. The topological polar surface area (TPSA) is 49.7 Å². The minimum atomic E-state index is -1.11. The van der Waals surface area contributed by atoms with E-state index in [9.17, 15) is 0 Å².